The van der Waals surface area contributed by atoms with Crippen molar-refractivity contribution in [2.45, 2.75) is 38.8 Å². The van der Waals surface area contributed by atoms with Crippen LogP contribution in [0.5, 0.6) is 5.75 Å². The van der Waals surface area contributed by atoms with Crippen molar-refractivity contribution in [3.8, 4) is 5.75 Å². The molecule has 1 N–H and O–H groups in total. The molecule has 0 spiro atoms. The number of nitrogens with zero attached hydrogens (tertiary/aromatic N) is 1. The summed E-state index contributed by atoms with van der Waals surface area (Å²) in [6.07, 6.45) is -5.48. The number of fused-ring (bicyclic) bond motifs is 1. The van der Waals surface area contributed by atoms with Crippen LogP contribution >= 0.6 is 22.6 Å². The van der Waals surface area contributed by atoms with Gasteiger partial charge in [-0.25, -0.2) is 4.79 Å². The minimum absolute atomic E-state index is 0.170. The maximum atomic E-state index is 13.6. The molecule has 1 atom stereocenters. The zero-order valence-electron chi connectivity index (χ0n) is 21.3. The molecule has 0 saturated carbocycles. The lowest BCUT2D eigenvalue weighted by molar-refractivity contribution is -0.274. The highest BCUT2D eigenvalue weighted by Gasteiger charge is 2.44. The highest BCUT2D eigenvalue weighted by atomic mass is 127. The van der Waals surface area contributed by atoms with E-state index in [1.807, 2.05) is 24.3 Å². The van der Waals surface area contributed by atoms with Crippen molar-refractivity contribution in [1.82, 2.24) is 9.88 Å². The molecular formula is C29H22F3IN2O5. The number of nitrogens with one attached hydrogen (secondary N) is 1. The summed E-state index contributed by atoms with van der Waals surface area (Å²) in [5.74, 6) is -1.15. The van der Waals surface area contributed by atoms with E-state index in [4.69, 9.17) is 4.74 Å². The van der Waals surface area contributed by atoms with Gasteiger partial charge in [-0.3, -0.25) is 14.9 Å². The lowest BCUT2D eigenvalue weighted by Gasteiger charge is -2.19. The third-order valence-corrected chi connectivity index (χ3v) is 7.50. The second-order valence-corrected chi connectivity index (χ2v) is 10.9. The number of hydrogen-bond donors (Lipinski definition) is 1. The predicted octanol–water partition coefficient (Wildman–Crippen LogP) is 6.30. The molecule has 0 radical (unpaired) electrons. The molecule has 0 bridgehead atoms. The molecule has 4 aromatic rings. The van der Waals surface area contributed by atoms with Crippen molar-refractivity contribution < 1.29 is 37.0 Å². The number of benzene rings is 3. The number of ether oxygens (including phenoxy) is 2. The Hall–Kier alpha value is -3.87. The van der Waals surface area contributed by atoms with Crippen LogP contribution in [0.15, 0.2) is 66.7 Å². The number of carbonyl (C=O) groups is 3. The normalized spacial score (nSPS) is 17.1. The van der Waals surface area contributed by atoms with E-state index in [1.165, 1.54) is 25.1 Å². The van der Waals surface area contributed by atoms with Crippen LogP contribution in [-0.2, 0) is 22.5 Å². The molecule has 7 nitrogen and oxygen atoms in total. The molecule has 5 rings (SSSR count). The number of aromatic nitrogens is 1. The molecule has 11 heteroatoms. The van der Waals surface area contributed by atoms with Crippen molar-refractivity contribution >= 4 is 51.3 Å². The highest BCUT2D eigenvalue weighted by molar-refractivity contribution is 14.1. The second-order valence-electron chi connectivity index (χ2n) is 9.68. The second kappa shape index (κ2) is 10.3. The average Bonchev–Trinajstić information content (AvgIpc) is 3.29. The lowest BCUT2D eigenvalue weighted by Crippen LogP contribution is -2.38. The molecule has 0 aliphatic carbocycles. The molecule has 0 unspecified atom stereocenters. The van der Waals surface area contributed by atoms with Gasteiger partial charge >= 0.3 is 12.5 Å². The van der Waals surface area contributed by atoms with Crippen LogP contribution in [0.2, 0.25) is 0 Å². The third-order valence-electron chi connectivity index (χ3n) is 6.78. The van der Waals surface area contributed by atoms with Gasteiger partial charge in [0.25, 0.3) is 5.91 Å². The van der Waals surface area contributed by atoms with Gasteiger partial charge in [0.1, 0.15) is 5.75 Å². The molecule has 1 aliphatic rings. The van der Waals surface area contributed by atoms with Crippen LogP contribution in [0.3, 0.4) is 0 Å². The van der Waals surface area contributed by atoms with Crippen molar-refractivity contribution in [3.63, 3.8) is 0 Å². The van der Waals surface area contributed by atoms with Crippen molar-refractivity contribution in [2.75, 3.05) is 0 Å². The van der Waals surface area contributed by atoms with Gasteiger partial charge in [-0.05, 0) is 84.0 Å². The smallest absolute Gasteiger partial charge is 0.432 e. The minimum Gasteiger partial charge on any atom is -0.432 e. The Morgan fingerprint density at radius 1 is 1.02 bits per heavy atom. The molecule has 3 aromatic carbocycles. The molecule has 40 heavy (non-hydrogen) atoms. The Morgan fingerprint density at radius 3 is 2.27 bits per heavy atom. The summed E-state index contributed by atoms with van der Waals surface area (Å²) in [4.78, 5) is 37.1. The first-order valence-electron chi connectivity index (χ1n) is 12.1. The number of rotatable bonds is 7. The van der Waals surface area contributed by atoms with E-state index in [9.17, 15) is 27.6 Å². The summed E-state index contributed by atoms with van der Waals surface area (Å²) < 4.78 is 51.0. The van der Waals surface area contributed by atoms with Gasteiger partial charge in [0.15, 0.2) is 11.4 Å². The molecule has 206 valence electrons. The number of alkyl carbamates (subject to hydrolysis) is 1. The highest BCUT2D eigenvalue weighted by Crippen LogP contribution is 2.34. The molecular weight excluding hydrogens is 640 g/mol. The fourth-order valence-corrected chi connectivity index (χ4v) is 5.20. The van der Waals surface area contributed by atoms with Crippen molar-refractivity contribution in [3.05, 3.63) is 98.2 Å². The summed E-state index contributed by atoms with van der Waals surface area (Å²) in [5, 5.41) is 2.64. The molecule has 1 aliphatic heterocycles. The number of imide groups is 1. The van der Waals surface area contributed by atoms with Crippen molar-refractivity contribution in [1.29, 1.82) is 0 Å². The Bertz CT molecular complexity index is 1650. The number of halogens is 4. The van der Waals surface area contributed by atoms with E-state index >= 15 is 0 Å². The van der Waals surface area contributed by atoms with Gasteiger partial charge in [-0.2, -0.15) is 0 Å². The average molecular weight is 662 g/mol. The largest absolute Gasteiger partial charge is 0.573 e. The van der Waals surface area contributed by atoms with Gasteiger partial charge in [0, 0.05) is 39.2 Å². The Labute approximate surface area is 240 Å². The Balaban J connectivity index is 1.51. The number of hydrogen-bond acceptors (Lipinski definition) is 5. The number of alkyl halides is 3. The van der Waals surface area contributed by atoms with E-state index in [0.717, 1.165) is 14.7 Å². The molecule has 2 heterocycles. The molecule has 2 amide bonds. The van der Waals surface area contributed by atoms with E-state index in [0.29, 0.717) is 27.7 Å². The summed E-state index contributed by atoms with van der Waals surface area (Å²) in [5.41, 5.74) is 2.11. The Kier molecular flexibility index (Phi) is 7.11. The first-order chi connectivity index (χ1) is 18.8. The molecule has 1 aromatic heterocycles. The van der Waals surface area contributed by atoms with Crippen LogP contribution in [0.1, 0.15) is 39.7 Å². The summed E-state index contributed by atoms with van der Waals surface area (Å²) in [6.45, 7) is 3.54. The van der Waals surface area contributed by atoms with Crippen LogP contribution in [0.4, 0.5) is 18.0 Å². The maximum absolute atomic E-state index is 13.6. The van der Waals surface area contributed by atoms with Crippen LogP contribution in [-0.4, -0.2) is 34.3 Å². The van der Waals surface area contributed by atoms with E-state index < -0.39 is 24.0 Å². The number of amides is 2. The number of ketones is 1. The summed E-state index contributed by atoms with van der Waals surface area (Å²) in [6, 6.07) is 18.2. The zero-order valence-corrected chi connectivity index (χ0v) is 23.4. The minimum atomic E-state index is -4.86. The van der Waals surface area contributed by atoms with Gasteiger partial charge in [0.05, 0.1) is 11.1 Å². The fourth-order valence-electron chi connectivity index (χ4n) is 4.84. The topological polar surface area (TPSA) is 86.6 Å². The zero-order chi connectivity index (χ0) is 28.8. The van der Waals surface area contributed by atoms with E-state index in [2.05, 4.69) is 32.6 Å². The first kappa shape index (κ1) is 27.7. The van der Waals surface area contributed by atoms with Crippen molar-refractivity contribution in [2.24, 2.45) is 0 Å². The van der Waals surface area contributed by atoms with Crippen LogP contribution in [0, 0.1) is 10.5 Å². The third kappa shape index (κ3) is 5.55. The maximum Gasteiger partial charge on any atom is 0.573 e. The van der Waals surface area contributed by atoms with Crippen LogP contribution < -0.4 is 10.1 Å². The lowest BCUT2D eigenvalue weighted by atomic mass is 9.95. The van der Waals surface area contributed by atoms with E-state index in [1.54, 1.807) is 35.8 Å². The van der Waals surface area contributed by atoms with Gasteiger partial charge in [-0.15, -0.1) is 13.2 Å². The van der Waals surface area contributed by atoms with Gasteiger partial charge in [0.2, 0.25) is 0 Å². The summed E-state index contributed by atoms with van der Waals surface area (Å²) in [7, 11) is 0. The van der Waals surface area contributed by atoms with Gasteiger partial charge < -0.3 is 14.0 Å². The molecule has 1 fully saturated rings. The number of carbonyl (C=O) groups excluding carboxylic acids is 3. The fraction of sp³-hybridized carbons (Fsp3) is 0.207. The summed E-state index contributed by atoms with van der Waals surface area (Å²) >= 11 is 2.14. The monoisotopic (exact) mass is 662 g/mol. The Morgan fingerprint density at radius 2 is 1.68 bits per heavy atom. The first-order valence-corrected chi connectivity index (χ1v) is 13.2. The van der Waals surface area contributed by atoms with E-state index in [-0.39, 0.29) is 24.5 Å². The quantitative estimate of drug-likeness (QED) is 0.186. The standard InChI is InChI=1S/C29H22F3IN2O5/c1-16-24(25(36)19-7-9-20(33)10-8-19)22-12-11-21(39-29(30,31)32)13-23(22)35(16)15-18-5-3-17(4-6-18)14-28(2)26(37)34-27(38)40-28/h3-13H,14-15H2,1-2H3,(H,34,37,38)/t28-/m1/s1. The van der Waals surface area contributed by atoms with Crippen LogP contribution in [0.25, 0.3) is 10.9 Å². The number of cyclic esters (lactones) is 1. The molecule has 1 saturated heterocycles. The predicted molar refractivity (Wildman–Crippen MR) is 148 cm³/mol. The SMILES string of the molecule is Cc1c(C(=O)c2ccc(I)cc2)c2ccc(OC(F)(F)F)cc2n1Cc1ccc(C[C@@]2(C)OC(=O)NC2=O)cc1. The van der Waals surface area contributed by atoms with Gasteiger partial charge in [-0.1, -0.05) is 24.3 Å².